The Morgan fingerprint density at radius 3 is 1.96 bits per heavy atom. The van der Waals surface area contributed by atoms with Crippen molar-refractivity contribution < 1.29 is 29.6 Å². The lowest BCUT2D eigenvalue weighted by Crippen LogP contribution is -2.04. The van der Waals surface area contributed by atoms with Crippen molar-refractivity contribution in [2.24, 2.45) is 0 Å². The number of aromatic hydroxyl groups is 1. The third-order valence-corrected chi connectivity index (χ3v) is 3.33. The van der Waals surface area contributed by atoms with E-state index in [-0.39, 0.29) is 11.3 Å². The van der Waals surface area contributed by atoms with Gasteiger partial charge in [0.2, 0.25) is 0 Å². The molecule has 6 heteroatoms. The molecule has 0 saturated carbocycles. The standard InChI is InChI=1S/C12H16O3.C7H6O3/c1-4-5-15-10-6-8(2)11(12(13)14)9(3)7-10;8-6-4-2-1-3-5(6)7(9)10/h6-7H,4-5H2,1-3H3,(H,13,14);1-4,8H,(H,9,10). The molecule has 2 rings (SSSR count). The normalized spacial score (nSPS) is 9.72. The van der Waals surface area contributed by atoms with Crippen molar-refractivity contribution >= 4 is 11.9 Å². The highest BCUT2D eigenvalue weighted by Crippen LogP contribution is 2.22. The molecule has 25 heavy (non-hydrogen) atoms. The zero-order valence-corrected chi connectivity index (χ0v) is 14.4. The van der Waals surface area contributed by atoms with Crippen molar-refractivity contribution in [2.45, 2.75) is 27.2 Å². The number of aromatic carboxylic acids is 2. The molecule has 0 atom stereocenters. The molecule has 0 heterocycles. The molecule has 0 aliphatic heterocycles. The number of ether oxygens (including phenoxy) is 1. The summed E-state index contributed by atoms with van der Waals surface area (Å²) < 4.78 is 5.46. The van der Waals surface area contributed by atoms with Gasteiger partial charge in [0.25, 0.3) is 0 Å². The number of aryl methyl sites for hydroxylation is 2. The summed E-state index contributed by atoms with van der Waals surface area (Å²) >= 11 is 0. The lowest BCUT2D eigenvalue weighted by atomic mass is 10.0. The number of phenols is 1. The summed E-state index contributed by atoms with van der Waals surface area (Å²) in [5.41, 5.74) is 1.79. The van der Waals surface area contributed by atoms with Crippen LogP contribution in [0, 0.1) is 13.8 Å². The van der Waals surface area contributed by atoms with E-state index in [1.807, 2.05) is 6.92 Å². The first kappa shape index (κ1) is 20.0. The fourth-order valence-electron chi connectivity index (χ4n) is 2.22. The molecule has 0 amide bonds. The average Bonchev–Trinajstić information content (AvgIpc) is 2.52. The third-order valence-electron chi connectivity index (χ3n) is 3.33. The molecule has 0 radical (unpaired) electrons. The van der Waals surface area contributed by atoms with E-state index in [9.17, 15) is 9.59 Å². The van der Waals surface area contributed by atoms with Crippen molar-refractivity contribution in [3.8, 4) is 11.5 Å². The average molecular weight is 346 g/mol. The van der Waals surface area contributed by atoms with E-state index in [4.69, 9.17) is 20.1 Å². The highest BCUT2D eigenvalue weighted by Gasteiger charge is 2.12. The molecule has 0 aliphatic rings. The second-order valence-electron chi connectivity index (χ2n) is 5.41. The lowest BCUT2D eigenvalue weighted by molar-refractivity contribution is 0.0683. The number of hydrogen-bond donors (Lipinski definition) is 3. The highest BCUT2D eigenvalue weighted by molar-refractivity contribution is 5.91. The Kier molecular flexibility index (Phi) is 7.46. The molecule has 2 aromatic carbocycles. The number of rotatable bonds is 5. The first-order valence-corrected chi connectivity index (χ1v) is 7.76. The van der Waals surface area contributed by atoms with Gasteiger partial charge in [-0.1, -0.05) is 19.1 Å². The van der Waals surface area contributed by atoms with Crippen molar-refractivity contribution in [1.82, 2.24) is 0 Å². The summed E-state index contributed by atoms with van der Waals surface area (Å²) in [4.78, 5) is 21.2. The number of carboxylic acids is 2. The topological polar surface area (TPSA) is 104 Å². The van der Waals surface area contributed by atoms with E-state index in [0.29, 0.717) is 12.2 Å². The quantitative estimate of drug-likeness (QED) is 0.759. The number of hydrogen-bond acceptors (Lipinski definition) is 4. The van der Waals surface area contributed by atoms with Gasteiger partial charge in [-0.3, -0.25) is 0 Å². The highest BCUT2D eigenvalue weighted by atomic mass is 16.5. The fraction of sp³-hybridized carbons (Fsp3) is 0.263. The number of para-hydroxylation sites is 1. The molecule has 0 bridgehead atoms. The number of carboxylic acid groups (broad SMARTS) is 2. The van der Waals surface area contributed by atoms with Gasteiger partial charge in [0.05, 0.1) is 12.2 Å². The summed E-state index contributed by atoms with van der Waals surface area (Å²) in [6.45, 7) is 6.27. The predicted octanol–water partition coefficient (Wildman–Crippen LogP) is 3.88. The van der Waals surface area contributed by atoms with Gasteiger partial charge in [-0.05, 0) is 55.7 Å². The largest absolute Gasteiger partial charge is 0.507 e. The summed E-state index contributed by atoms with van der Waals surface area (Å²) in [6.07, 6.45) is 0.943. The van der Waals surface area contributed by atoms with Gasteiger partial charge in [0.1, 0.15) is 17.1 Å². The van der Waals surface area contributed by atoms with Gasteiger partial charge in [-0.25, -0.2) is 9.59 Å². The molecule has 0 saturated heterocycles. The van der Waals surface area contributed by atoms with E-state index in [2.05, 4.69) is 0 Å². The zero-order valence-electron chi connectivity index (χ0n) is 14.4. The van der Waals surface area contributed by atoms with Crippen molar-refractivity contribution in [1.29, 1.82) is 0 Å². The molecule has 3 N–H and O–H groups in total. The summed E-state index contributed by atoms with van der Waals surface area (Å²) in [7, 11) is 0. The van der Waals surface area contributed by atoms with Crippen LogP contribution >= 0.6 is 0 Å². The second kappa shape index (κ2) is 9.32. The predicted molar refractivity (Wildman–Crippen MR) is 93.7 cm³/mol. The first-order chi connectivity index (χ1) is 11.8. The van der Waals surface area contributed by atoms with Crippen LogP contribution in [0.4, 0.5) is 0 Å². The Morgan fingerprint density at radius 1 is 1.00 bits per heavy atom. The Morgan fingerprint density at radius 2 is 1.56 bits per heavy atom. The molecule has 0 aromatic heterocycles. The summed E-state index contributed by atoms with van der Waals surface area (Å²) in [5, 5.41) is 26.3. The van der Waals surface area contributed by atoms with Gasteiger partial charge >= 0.3 is 11.9 Å². The monoisotopic (exact) mass is 346 g/mol. The SMILES string of the molecule is CCCOc1cc(C)c(C(=O)O)c(C)c1.O=C(O)c1ccccc1O. The van der Waals surface area contributed by atoms with E-state index < -0.39 is 11.9 Å². The molecule has 0 unspecified atom stereocenters. The third kappa shape index (κ3) is 5.84. The minimum atomic E-state index is -1.11. The van der Waals surface area contributed by atoms with Crippen LogP contribution in [-0.2, 0) is 0 Å². The van der Waals surface area contributed by atoms with Gasteiger partial charge in [0.15, 0.2) is 0 Å². The Labute approximate surface area is 146 Å². The Hall–Kier alpha value is -3.02. The first-order valence-electron chi connectivity index (χ1n) is 7.76. The van der Waals surface area contributed by atoms with Gasteiger partial charge in [-0.15, -0.1) is 0 Å². The van der Waals surface area contributed by atoms with E-state index in [1.54, 1.807) is 38.1 Å². The Balaban J connectivity index is 0.000000271. The number of carbonyl (C=O) groups is 2. The Bertz CT molecular complexity index is 728. The van der Waals surface area contributed by atoms with Crippen LogP contribution < -0.4 is 4.74 Å². The smallest absolute Gasteiger partial charge is 0.339 e. The number of benzene rings is 2. The minimum absolute atomic E-state index is 0.0671. The maximum Gasteiger partial charge on any atom is 0.339 e. The van der Waals surface area contributed by atoms with Crippen LogP contribution in [-0.4, -0.2) is 33.9 Å². The van der Waals surface area contributed by atoms with Crippen molar-refractivity contribution in [3.63, 3.8) is 0 Å². The molecule has 2 aromatic rings. The van der Waals surface area contributed by atoms with Crippen molar-refractivity contribution in [2.75, 3.05) is 6.61 Å². The van der Waals surface area contributed by atoms with Crippen LogP contribution in [0.3, 0.4) is 0 Å². The summed E-state index contributed by atoms with van der Waals surface area (Å²) in [6, 6.07) is 9.35. The van der Waals surface area contributed by atoms with E-state index in [0.717, 1.165) is 23.3 Å². The second-order valence-corrected chi connectivity index (χ2v) is 5.41. The molecule has 0 fully saturated rings. The maximum atomic E-state index is 10.9. The van der Waals surface area contributed by atoms with Crippen LogP contribution in [0.15, 0.2) is 36.4 Å². The van der Waals surface area contributed by atoms with E-state index in [1.165, 1.54) is 12.1 Å². The molecule has 134 valence electrons. The molecule has 6 nitrogen and oxygen atoms in total. The van der Waals surface area contributed by atoms with Gasteiger partial charge in [-0.2, -0.15) is 0 Å². The van der Waals surface area contributed by atoms with Gasteiger partial charge < -0.3 is 20.1 Å². The lowest BCUT2D eigenvalue weighted by Gasteiger charge is -2.10. The maximum absolute atomic E-state index is 10.9. The minimum Gasteiger partial charge on any atom is -0.507 e. The van der Waals surface area contributed by atoms with Crippen LogP contribution in [0.25, 0.3) is 0 Å². The molecule has 0 aliphatic carbocycles. The molecular formula is C19H22O6. The van der Waals surface area contributed by atoms with Crippen molar-refractivity contribution in [3.05, 3.63) is 58.7 Å². The van der Waals surface area contributed by atoms with Crippen LogP contribution in [0.1, 0.15) is 45.2 Å². The zero-order chi connectivity index (χ0) is 19.0. The molecule has 0 spiro atoms. The van der Waals surface area contributed by atoms with Crippen LogP contribution in [0.5, 0.6) is 11.5 Å². The summed E-state index contributed by atoms with van der Waals surface area (Å²) in [5.74, 6) is -1.45. The van der Waals surface area contributed by atoms with E-state index >= 15 is 0 Å². The van der Waals surface area contributed by atoms with Gasteiger partial charge in [0, 0.05) is 0 Å². The molecular weight excluding hydrogens is 324 g/mol. The van der Waals surface area contributed by atoms with Crippen LogP contribution in [0.2, 0.25) is 0 Å². The fourth-order valence-corrected chi connectivity index (χ4v) is 2.22.